The van der Waals surface area contributed by atoms with E-state index in [2.05, 4.69) is 51.4 Å². The SMILES string of the molecule is CCCNC(c1ccsc1C)C(CC)(CC)OCC. The van der Waals surface area contributed by atoms with E-state index >= 15 is 0 Å². The molecular weight excluding hydrogens is 254 g/mol. The van der Waals surface area contributed by atoms with Crippen molar-refractivity contribution in [3.63, 3.8) is 0 Å². The van der Waals surface area contributed by atoms with Gasteiger partial charge in [0.1, 0.15) is 0 Å². The molecule has 1 aromatic rings. The minimum Gasteiger partial charge on any atom is -0.373 e. The molecule has 1 aromatic heterocycles. The van der Waals surface area contributed by atoms with Gasteiger partial charge in [-0.1, -0.05) is 20.8 Å². The van der Waals surface area contributed by atoms with Crippen LogP contribution >= 0.6 is 11.3 Å². The normalized spacial score (nSPS) is 13.7. The van der Waals surface area contributed by atoms with Crippen molar-refractivity contribution in [1.82, 2.24) is 5.32 Å². The number of hydrogen-bond donors (Lipinski definition) is 1. The summed E-state index contributed by atoms with van der Waals surface area (Å²) in [5, 5.41) is 5.91. The molecule has 1 atom stereocenters. The van der Waals surface area contributed by atoms with Crippen LogP contribution in [0.3, 0.4) is 0 Å². The molecule has 0 aromatic carbocycles. The van der Waals surface area contributed by atoms with Crippen LogP contribution in [0.25, 0.3) is 0 Å². The molecule has 110 valence electrons. The van der Waals surface area contributed by atoms with Crippen molar-refractivity contribution in [3.05, 3.63) is 21.9 Å². The Labute approximate surface area is 122 Å². The second-order valence-electron chi connectivity index (χ2n) is 5.02. The van der Waals surface area contributed by atoms with Gasteiger partial charge in [0.25, 0.3) is 0 Å². The van der Waals surface area contributed by atoms with Gasteiger partial charge in [-0.3, -0.25) is 0 Å². The Hall–Kier alpha value is -0.380. The highest BCUT2D eigenvalue weighted by atomic mass is 32.1. The maximum atomic E-state index is 6.21. The highest BCUT2D eigenvalue weighted by Gasteiger charge is 2.38. The van der Waals surface area contributed by atoms with Gasteiger partial charge in [-0.25, -0.2) is 0 Å². The van der Waals surface area contributed by atoms with E-state index in [0.29, 0.717) is 6.04 Å². The van der Waals surface area contributed by atoms with Crippen LogP contribution in [0.15, 0.2) is 11.4 Å². The van der Waals surface area contributed by atoms with Gasteiger partial charge in [-0.05, 0) is 56.7 Å². The third-order valence-corrected chi connectivity index (χ3v) is 4.82. The standard InChI is InChI=1S/C16H29NOS/c1-6-11-17-15(14-10-12-19-13(14)5)16(7-2,8-3)18-9-4/h10,12,15,17H,6-9,11H2,1-5H3. The molecule has 0 saturated carbocycles. The van der Waals surface area contributed by atoms with Gasteiger partial charge in [0.2, 0.25) is 0 Å². The van der Waals surface area contributed by atoms with Gasteiger partial charge in [-0.15, -0.1) is 11.3 Å². The number of nitrogens with one attached hydrogen (secondary N) is 1. The Morgan fingerprint density at radius 1 is 1.26 bits per heavy atom. The number of rotatable bonds is 9. The zero-order valence-electron chi connectivity index (χ0n) is 13.1. The zero-order valence-corrected chi connectivity index (χ0v) is 13.9. The van der Waals surface area contributed by atoms with Crippen molar-refractivity contribution in [3.8, 4) is 0 Å². The van der Waals surface area contributed by atoms with E-state index in [-0.39, 0.29) is 5.60 Å². The van der Waals surface area contributed by atoms with Crippen molar-refractivity contribution in [2.75, 3.05) is 13.2 Å². The number of hydrogen-bond acceptors (Lipinski definition) is 3. The van der Waals surface area contributed by atoms with Gasteiger partial charge in [-0.2, -0.15) is 0 Å². The highest BCUT2D eigenvalue weighted by Crippen LogP contribution is 2.38. The van der Waals surface area contributed by atoms with E-state index in [4.69, 9.17) is 4.74 Å². The Morgan fingerprint density at radius 2 is 1.95 bits per heavy atom. The molecule has 3 heteroatoms. The summed E-state index contributed by atoms with van der Waals surface area (Å²) >= 11 is 1.83. The van der Waals surface area contributed by atoms with E-state index in [1.54, 1.807) is 0 Å². The zero-order chi connectivity index (χ0) is 14.3. The molecule has 0 saturated heterocycles. The van der Waals surface area contributed by atoms with Crippen LogP contribution < -0.4 is 5.32 Å². The van der Waals surface area contributed by atoms with Gasteiger partial charge >= 0.3 is 0 Å². The molecule has 1 unspecified atom stereocenters. The van der Waals surface area contributed by atoms with Gasteiger partial charge in [0.15, 0.2) is 0 Å². The van der Waals surface area contributed by atoms with E-state index in [1.807, 2.05) is 11.3 Å². The molecule has 0 aliphatic carbocycles. The Balaban J connectivity index is 3.09. The van der Waals surface area contributed by atoms with Crippen molar-refractivity contribution >= 4 is 11.3 Å². The van der Waals surface area contributed by atoms with Crippen molar-refractivity contribution < 1.29 is 4.74 Å². The van der Waals surface area contributed by atoms with Gasteiger partial charge in [0, 0.05) is 11.5 Å². The molecule has 1 N–H and O–H groups in total. The lowest BCUT2D eigenvalue weighted by atomic mass is 9.83. The monoisotopic (exact) mass is 283 g/mol. The molecule has 1 rings (SSSR count). The number of thiophene rings is 1. The minimum atomic E-state index is -0.0875. The molecule has 1 heterocycles. The van der Waals surface area contributed by atoms with Crippen molar-refractivity contribution in [1.29, 1.82) is 0 Å². The summed E-state index contributed by atoms with van der Waals surface area (Å²) in [5.74, 6) is 0. The molecule has 0 fully saturated rings. The summed E-state index contributed by atoms with van der Waals surface area (Å²) in [6.45, 7) is 12.8. The van der Waals surface area contributed by atoms with Gasteiger partial charge in [0.05, 0.1) is 11.6 Å². The molecule has 2 nitrogen and oxygen atoms in total. The van der Waals surface area contributed by atoms with Crippen LogP contribution in [0.2, 0.25) is 0 Å². The van der Waals surface area contributed by atoms with E-state index in [0.717, 1.165) is 32.4 Å². The molecule has 19 heavy (non-hydrogen) atoms. The average molecular weight is 283 g/mol. The summed E-state index contributed by atoms with van der Waals surface area (Å²) in [6.07, 6.45) is 3.22. The Morgan fingerprint density at radius 3 is 2.37 bits per heavy atom. The van der Waals surface area contributed by atoms with E-state index < -0.39 is 0 Å². The quantitative estimate of drug-likeness (QED) is 0.709. The van der Waals surface area contributed by atoms with Crippen molar-refractivity contribution in [2.45, 2.75) is 65.5 Å². The van der Waals surface area contributed by atoms with Crippen LogP contribution in [-0.2, 0) is 4.74 Å². The topological polar surface area (TPSA) is 21.3 Å². The van der Waals surface area contributed by atoms with Crippen molar-refractivity contribution in [2.24, 2.45) is 0 Å². The lowest BCUT2D eigenvalue weighted by Crippen LogP contribution is -2.46. The first-order valence-electron chi connectivity index (χ1n) is 7.56. The summed E-state index contributed by atoms with van der Waals surface area (Å²) in [4.78, 5) is 1.40. The third kappa shape index (κ3) is 3.80. The second kappa shape index (κ2) is 8.03. The Kier molecular flexibility index (Phi) is 7.05. The molecule has 0 amide bonds. The molecule has 0 radical (unpaired) electrons. The Bertz CT molecular complexity index is 357. The largest absolute Gasteiger partial charge is 0.373 e. The molecule has 0 aliphatic rings. The summed E-state index contributed by atoms with van der Waals surface area (Å²) in [6, 6.07) is 2.56. The first kappa shape index (κ1) is 16.7. The van der Waals surface area contributed by atoms with Crippen LogP contribution in [0.1, 0.15) is 63.4 Å². The highest BCUT2D eigenvalue weighted by molar-refractivity contribution is 7.10. The van der Waals surface area contributed by atoms with Crippen LogP contribution in [-0.4, -0.2) is 18.8 Å². The lowest BCUT2D eigenvalue weighted by molar-refractivity contribution is -0.0733. The lowest BCUT2D eigenvalue weighted by Gasteiger charge is -2.40. The fraction of sp³-hybridized carbons (Fsp3) is 0.750. The van der Waals surface area contributed by atoms with Gasteiger partial charge < -0.3 is 10.1 Å². The fourth-order valence-electron chi connectivity index (χ4n) is 2.80. The van der Waals surface area contributed by atoms with Crippen LogP contribution in [0.5, 0.6) is 0 Å². The fourth-order valence-corrected chi connectivity index (χ4v) is 3.54. The number of aryl methyl sites for hydroxylation is 1. The molecule has 0 bridgehead atoms. The minimum absolute atomic E-state index is 0.0875. The first-order valence-corrected chi connectivity index (χ1v) is 8.44. The maximum Gasteiger partial charge on any atom is 0.0871 e. The molecular formula is C16H29NOS. The average Bonchev–Trinajstić information content (AvgIpc) is 2.84. The molecule has 0 aliphatic heterocycles. The summed E-state index contributed by atoms with van der Waals surface area (Å²) in [5.41, 5.74) is 1.33. The maximum absolute atomic E-state index is 6.21. The summed E-state index contributed by atoms with van der Waals surface area (Å²) in [7, 11) is 0. The number of ether oxygens (including phenoxy) is 1. The predicted octanol–water partition coefficient (Wildman–Crippen LogP) is 4.69. The first-order chi connectivity index (χ1) is 9.15. The predicted molar refractivity (Wildman–Crippen MR) is 85.0 cm³/mol. The van der Waals surface area contributed by atoms with E-state index in [1.165, 1.54) is 10.4 Å². The second-order valence-corrected chi connectivity index (χ2v) is 6.14. The summed E-state index contributed by atoms with van der Waals surface area (Å²) < 4.78 is 6.21. The van der Waals surface area contributed by atoms with Crippen LogP contribution in [0.4, 0.5) is 0 Å². The third-order valence-electron chi connectivity index (χ3n) is 3.96. The van der Waals surface area contributed by atoms with E-state index in [9.17, 15) is 0 Å². The molecule has 0 spiro atoms. The van der Waals surface area contributed by atoms with Crippen LogP contribution in [0, 0.1) is 6.92 Å². The smallest absolute Gasteiger partial charge is 0.0871 e.